The van der Waals surface area contributed by atoms with Crippen LogP contribution in [0.3, 0.4) is 0 Å². The molecule has 1 heterocycles. The first kappa shape index (κ1) is 14.3. The molecule has 1 saturated carbocycles. The topological polar surface area (TPSA) is 49.4 Å². The second-order valence-electron chi connectivity index (χ2n) is 6.13. The van der Waals surface area contributed by atoms with Crippen molar-refractivity contribution < 1.29 is 8.42 Å². The van der Waals surface area contributed by atoms with Crippen LogP contribution in [-0.4, -0.2) is 44.2 Å². The molecule has 0 aromatic carbocycles. The van der Waals surface area contributed by atoms with E-state index in [0.29, 0.717) is 23.6 Å². The SMILES string of the molecule is CC(C)NCC1CCN(S(=O)(=O)CC2CC2)CC1. The van der Waals surface area contributed by atoms with E-state index in [4.69, 9.17) is 0 Å². The molecule has 5 heteroatoms. The summed E-state index contributed by atoms with van der Waals surface area (Å²) in [5, 5.41) is 3.44. The zero-order valence-corrected chi connectivity index (χ0v) is 12.4. The molecule has 0 spiro atoms. The summed E-state index contributed by atoms with van der Waals surface area (Å²) in [6, 6.07) is 0.515. The van der Waals surface area contributed by atoms with Gasteiger partial charge in [-0.15, -0.1) is 0 Å². The van der Waals surface area contributed by atoms with Crippen LogP contribution in [0.25, 0.3) is 0 Å². The second kappa shape index (κ2) is 5.88. The molecule has 0 bridgehead atoms. The Balaban J connectivity index is 1.75. The minimum absolute atomic E-state index is 0.391. The van der Waals surface area contributed by atoms with Gasteiger partial charge in [0.15, 0.2) is 0 Å². The molecule has 1 N–H and O–H groups in total. The summed E-state index contributed by atoms with van der Waals surface area (Å²) in [7, 11) is -2.96. The summed E-state index contributed by atoms with van der Waals surface area (Å²) in [5.74, 6) is 1.48. The summed E-state index contributed by atoms with van der Waals surface area (Å²) in [6.07, 6.45) is 4.22. The van der Waals surface area contributed by atoms with E-state index in [9.17, 15) is 8.42 Å². The lowest BCUT2D eigenvalue weighted by molar-refractivity contribution is 0.263. The fourth-order valence-corrected chi connectivity index (χ4v) is 4.39. The van der Waals surface area contributed by atoms with Crippen molar-refractivity contribution in [3.05, 3.63) is 0 Å². The number of hydrogen-bond acceptors (Lipinski definition) is 3. The Labute approximate surface area is 111 Å². The van der Waals surface area contributed by atoms with Crippen LogP contribution in [0.4, 0.5) is 0 Å². The van der Waals surface area contributed by atoms with Gasteiger partial charge in [0.25, 0.3) is 0 Å². The highest BCUT2D eigenvalue weighted by molar-refractivity contribution is 7.89. The quantitative estimate of drug-likeness (QED) is 0.797. The maximum absolute atomic E-state index is 12.1. The maximum Gasteiger partial charge on any atom is 0.214 e. The van der Waals surface area contributed by atoms with Crippen LogP contribution in [0.2, 0.25) is 0 Å². The van der Waals surface area contributed by atoms with Gasteiger partial charge in [0, 0.05) is 19.1 Å². The molecular formula is C13H26N2O2S. The minimum atomic E-state index is -2.96. The van der Waals surface area contributed by atoms with Crippen molar-refractivity contribution in [2.45, 2.75) is 45.6 Å². The third kappa shape index (κ3) is 4.21. The number of nitrogens with zero attached hydrogens (tertiary/aromatic N) is 1. The Kier molecular flexibility index (Phi) is 4.67. The Hall–Kier alpha value is -0.130. The van der Waals surface area contributed by atoms with Crippen LogP contribution in [0, 0.1) is 11.8 Å². The molecule has 4 nitrogen and oxygen atoms in total. The lowest BCUT2D eigenvalue weighted by Crippen LogP contribution is -2.42. The molecule has 1 saturated heterocycles. The van der Waals surface area contributed by atoms with Crippen molar-refractivity contribution in [2.75, 3.05) is 25.4 Å². The first-order valence-electron chi connectivity index (χ1n) is 7.18. The van der Waals surface area contributed by atoms with Gasteiger partial charge in [0.05, 0.1) is 5.75 Å². The minimum Gasteiger partial charge on any atom is -0.314 e. The molecule has 0 radical (unpaired) electrons. The van der Waals surface area contributed by atoms with Crippen molar-refractivity contribution in [3.8, 4) is 0 Å². The lowest BCUT2D eigenvalue weighted by Gasteiger charge is -2.31. The molecular weight excluding hydrogens is 248 g/mol. The number of piperidine rings is 1. The average Bonchev–Trinajstić information content (AvgIpc) is 3.10. The van der Waals surface area contributed by atoms with E-state index in [1.165, 1.54) is 0 Å². The highest BCUT2D eigenvalue weighted by Crippen LogP contribution is 2.32. The monoisotopic (exact) mass is 274 g/mol. The molecule has 0 unspecified atom stereocenters. The predicted molar refractivity (Wildman–Crippen MR) is 73.9 cm³/mol. The van der Waals surface area contributed by atoms with Gasteiger partial charge in [-0.3, -0.25) is 0 Å². The van der Waals surface area contributed by atoms with E-state index in [0.717, 1.165) is 45.3 Å². The zero-order chi connectivity index (χ0) is 13.2. The highest BCUT2D eigenvalue weighted by Gasteiger charge is 2.33. The molecule has 2 fully saturated rings. The summed E-state index contributed by atoms with van der Waals surface area (Å²) < 4.78 is 26.0. The number of nitrogens with one attached hydrogen (secondary N) is 1. The van der Waals surface area contributed by atoms with Gasteiger partial charge >= 0.3 is 0 Å². The Morgan fingerprint density at radius 1 is 1.11 bits per heavy atom. The van der Waals surface area contributed by atoms with Gasteiger partial charge in [-0.25, -0.2) is 12.7 Å². The van der Waals surface area contributed by atoms with Gasteiger partial charge in [-0.1, -0.05) is 13.8 Å². The highest BCUT2D eigenvalue weighted by atomic mass is 32.2. The molecule has 0 atom stereocenters. The van der Waals surface area contributed by atoms with E-state index in [2.05, 4.69) is 19.2 Å². The van der Waals surface area contributed by atoms with Crippen LogP contribution in [0.1, 0.15) is 39.5 Å². The molecule has 1 aliphatic carbocycles. The lowest BCUT2D eigenvalue weighted by atomic mass is 9.98. The van der Waals surface area contributed by atoms with E-state index in [1.54, 1.807) is 4.31 Å². The summed E-state index contributed by atoms with van der Waals surface area (Å²) in [6.45, 7) is 6.76. The molecule has 18 heavy (non-hydrogen) atoms. The van der Waals surface area contributed by atoms with E-state index >= 15 is 0 Å². The standard InChI is InChI=1S/C13H26N2O2S/c1-11(2)14-9-12-5-7-15(8-6-12)18(16,17)10-13-3-4-13/h11-14H,3-10H2,1-2H3. The van der Waals surface area contributed by atoms with Crippen molar-refractivity contribution in [1.82, 2.24) is 9.62 Å². The molecule has 106 valence electrons. The number of sulfonamides is 1. The summed E-state index contributed by atoms with van der Waals surface area (Å²) >= 11 is 0. The number of hydrogen-bond donors (Lipinski definition) is 1. The average molecular weight is 274 g/mol. The van der Waals surface area contributed by atoms with Gasteiger partial charge < -0.3 is 5.32 Å². The number of rotatable bonds is 6. The maximum atomic E-state index is 12.1. The summed E-state index contributed by atoms with van der Waals surface area (Å²) in [4.78, 5) is 0. The first-order valence-corrected chi connectivity index (χ1v) is 8.79. The molecule has 0 aromatic heterocycles. The third-order valence-corrected chi connectivity index (χ3v) is 5.97. The molecule has 0 aromatic rings. The zero-order valence-electron chi connectivity index (χ0n) is 11.6. The largest absolute Gasteiger partial charge is 0.314 e. The molecule has 1 aliphatic heterocycles. The normalized spacial score (nSPS) is 23.7. The smallest absolute Gasteiger partial charge is 0.214 e. The Morgan fingerprint density at radius 3 is 2.22 bits per heavy atom. The van der Waals surface area contributed by atoms with Crippen LogP contribution >= 0.6 is 0 Å². The van der Waals surface area contributed by atoms with Crippen LogP contribution in [-0.2, 0) is 10.0 Å². The molecule has 0 amide bonds. The van der Waals surface area contributed by atoms with Gasteiger partial charge in [-0.2, -0.15) is 0 Å². The third-order valence-electron chi connectivity index (χ3n) is 3.92. The van der Waals surface area contributed by atoms with Crippen LogP contribution in [0.5, 0.6) is 0 Å². The van der Waals surface area contributed by atoms with Crippen molar-refractivity contribution in [2.24, 2.45) is 11.8 Å². The summed E-state index contributed by atoms with van der Waals surface area (Å²) in [5.41, 5.74) is 0. The van der Waals surface area contributed by atoms with E-state index in [1.807, 2.05) is 0 Å². The van der Waals surface area contributed by atoms with Gasteiger partial charge in [0.1, 0.15) is 0 Å². The van der Waals surface area contributed by atoms with Crippen molar-refractivity contribution in [3.63, 3.8) is 0 Å². The Morgan fingerprint density at radius 2 is 1.72 bits per heavy atom. The van der Waals surface area contributed by atoms with Crippen LogP contribution < -0.4 is 5.32 Å². The van der Waals surface area contributed by atoms with Crippen molar-refractivity contribution >= 4 is 10.0 Å². The van der Waals surface area contributed by atoms with Crippen molar-refractivity contribution in [1.29, 1.82) is 0 Å². The fourth-order valence-electron chi connectivity index (χ4n) is 2.48. The molecule has 2 rings (SSSR count). The van der Waals surface area contributed by atoms with E-state index < -0.39 is 10.0 Å². The molecule has 2 aliphatic rings. The second-order valence-corrected chi connectivity index (χ2v) is 8.14. The predicted octanol–water partition coefficient (Wildman–Crippen LogP) is 1.44. The van der Waals surface area contributed by atoms with Gasteiger partial charge in [-0.05, 0) is 44.1 Å². The first-order chi connectivity index (χ1) is 8.47. The fraction of sp³-hybridized carbons (Fsp3) is 1.00. The van der Waals surface area contributed by atoms with Gasteiger partial charge in [0.2, 0.25) is 10.0 Å². The van der Waals surface area contributed by atoms with Crippen LogP contribution in [0.15, 0.2) is 0 Å². The van der Waals surface area contributed by atoms with E-state index in [-0.39, 0.29) is 0 Å². The Bertz CT molecular complexity index is 355.